The number of carbonyl (C=O) groups excluding carboxylic acids is 3. The molecule has 2 aliphatic rings. The van der Waals surface area contributed by atoms with Crippen molar-refractivity contribution in [1.29, 1.82) is 0 Å². The number of hydrogen-bond donors (Lipinski definition) is 2. The van der Waals surface area contributed by atoms with Crippen molar-refractivity contribution >= 4 is 29.1 Å². The molecule has 1 heterocycles. The van der Waals surface area contributed by atoms with Crippen LogP contribution in [0.2, 0.25) is 0 Å². The van der Waals surface area contributed by atoms with E-state index in [0.717, 1.165) is 19.3 Å². The minimum Gasteiger partial charge on any atom is -0.331 e. The Bertz CT molecular complexity index is 758. The van der Waals surface area contributed by atoms with Crippen molar-refractivity contribution in [1.82, 2.24) is 4.90 Å². The van der Waals surface area contributed by atoms with E-state index in [1.807, 2.05) is 0 Å². The van der Waals surface area contributed by atoms with Crippen LogP contribution in [0, 0.1) is 10.8 Å². The van der Waals surface area contributed by atoms with Crippen LogP contribution in [-0.2, 0) is 14.4 Å². The number of rotatable bonds is 2. The zero-order chi connectivity index (χ0) is 19.1. The van der Waals surface area contributed by atoms with Crippen LogP contribution in [0.4, 0.5) is 11.4 Å². The number of carbonyl (C=O) groups is 3. The summed E-state index contributed by atoms with van der Waals surface area (Å²) in [6.45, 7) is 8.74. The lowest BCUT2D eigenvalue weighted by atomic mass is 9.65. The second-order valence-electron chi connectivity index (χ2n) is 8.86. The Hall–Kier alpha value is -2.37. The number of likely N-dealkylation sites (tertiary alicyclic amines) is 1. The summed E-state index contributed by atoms with van der Waals surface area (Å²) in [6.07, 6.45) is 2.97. The van der Waals surface area contributed by atoms with Gasteiger partial charge >= 0.3 is 11.8 Å². The summed E-state index contributed by atoms with van der Waals surface area (Å²) in [4.78, 5) is 38.2. The van der Waals surface area contributed by atoms with Gasteiger partial charge in [-0.2, -0.15) is 0 Å². The van der Waals surface area contributed by atoms with E-state index in [-0.39, 0.29) is 22.8 Å². The summed E-state index contributed by atoms with van der Waals surface area (Å²) in [6, 6.07) is 6.92. The van der Waals surface area contributed by atoms with Crippen LogP contribution in [0.25, 0.3) is 0 Å². The molecule has 2 N–H and O–H groups in total. The van der Waals surface area contributed by atoms with Gasteiger partial charge in [0.05, 0.1) is 0 Å². The Labute approximate surface area is 154 Å². The van der Waals surface area contributed by atoms with Crippen molar-refractivity contribution in [3.05, 3.63) is 24.3 Å². The van der Waals surface area contributed by atoms with Gasteiger partial charge in [-0.25, -0.2) is 0 Å². The molecular formula is C20H27N3O3. The topological polar surface area (TPSA) is 78.5 Å². The van der Waals surface area contributed by atoms with Gasteiger partial charge in [-0.15, -0.1) is 0 Å². The summed E-state index contributed by atoms with van der Waals surface area (Å²) in [7, 11) is 0. The molecule has 0 radical (unpaired) electrons. The fraction of sp³-hybridized carbons (Fsp3) is 0.550. The van der Waals surface area contributed by atoms with Crippen LogP contribution in [0.5, 0.6) is 0 Å². The van der Waals surface area contributed by atoms with Crippen molar-refractivity contribution in [3.8, 4) is 0 Å². The molecule has 1 aromatic rings. The molecule has 6 heteroatoms. The maximum atomic E-state index is 12.8. The Morgan fingerprint density at radius 3 is 2.38 bits per heavy atom. The quantitative estimate of drug-likeness (QED) is 0.799. The van der Waals surface area contributed by atoms with E-state index in [9.17, 15) is 14.4 Å². The first-order chi connectivity index (χ1) is 12.1. The van der Waals surface area contributed by atoms with E-state index in [0.29, 0.717) is 17.9 Å². The third kappa shape index (κ3) is 3.89. The minimum absolute atomic E-state index is 0.0910. The van der Waals surface area contributed by atoms with E-state index < -0.39 is 11.8 Å². The molecule has 2 fully saturated rings. The molecule has 0 spiro atoms. The molecule has 2 unspecified atom stereocenters. The van der Waals surface area contributed by atoms with Gasteiger partial charge in [0.25, 0.3) is 0 Å². The number of hydrogen-bond acceptors (Lipinski definition) is 3. The standard InChI is InChI=1S/C20H27N3O3/c1-13(24)21-14-6-5-7-15(8-14)22-17(25)18(26)23-12-20(4)10-16(23)9-19(2,3)11-20/h5-8,16H,9-12H2,1-4H3,(H,21,24)(H,22,25). The van der Waals surface area contributed by atoms with Gasteiger partial charge < -0.3 is 15.5 Å². The normalized spacial score (nSPS) is 26.3. The van der Waals surface area contributed by atoms with Gasteiger partial charge in [0.2, 0.25) is 5.91 Å². The highest BCUT2D eigenvalue weighted by molar-refractivity contribution is 6.39. The zero-order valence-electron chi connectivity index (χ0n) is 15.9. The SMILES string of the molecule is CC(=O)Nc1cccc(NC(=O)C(=O)N2CC3(C)CC2CC(C)(C)C3)c1. The smallest absolute Gasteiger partial charge is 0.313 e. The first kappa shape index (κ1) is 18.4. The van der Waals surface area contributed by atoms with Crippen LogP contribution in [-0.4, -0.2) is 35.2 Å². The molecular weight excluding hydrogens is 330 g/mol. The zero-order valence-corrected chi connectivity index (χ0v) is 15.9. The van der Waals surface area contributed by atoms with Crippen LogP contribution in [0.3, 0.4) is 0 Å². The molecule has 3 rings (SSSR count). The fourth-order valence-corrected chi connectivity index (χ4v) is 4.89. The molecule has 2 bridgehead atoms. The third-order valence-corrected chi connectivity index (χ3v) is 5.31. The van der Waals surface area contributed by atoms with E-state index in [2.05, 4.69) is 31.4 Å². The number of fused-ring (bicyclic) bond motifs is 2. The van der Waals surface area contributed by atoms with Crippen molar-refractivity contribution in [2.45, 2.75) is 53.0 Å². The summed E-state index contributed by atoms with van der Waals surface area (Å²) in [5, 5.41) is 5.33. The van der Waals surface area contributed by atoms with Gasteiger partial charge in [-0.3, -0.25) is 14.4 Å². The molecule has 1 saturated carbocycles. The highest BCUT2D eigenvalue weighted by Gasteiger charge is 2.51. The average Bonchev–Trinajstić information content (AvgIpc) is 2.75. The number of nitrogens with zero attached hydrogens (tertiary/aromatic N) is 1. The second kappa shape index (κ2) is 6.41. The van der Waals surface area contributed by atoms with Crippen molar-refractivity contribution in [3.63, 3.8) is 0 Å². The van der Waals surface area contributed by atoms with Crippen molar-refractivity contribution in [2.75, 3.05) is 17.2 Å². The Morgan fingerprint density at radius 1 is 1.08 bits per heavy atom. The molecule has 1 aliphatic carbocycles. The van der Waals surface area contributed by atoms with Crippen LogP contribution < -0.4 is 10.6 Å². The maximum Gasteiger partial charge on any atom is 0.313 e. The fourth-order valence-electron chi connectivity index (χ4n) is 4.89. The van der Waals surface area contributed by atoms with Crippen LogP contribution >= 0.6 is 0 Å². The first-order valence-corrected chi connectivity index (χ1v) is 9.07. The third-order valence-electron chi connectivity index (χ3n) is 5.31. The lowest BCUT2D eigenvalue weighted by molar-refractivity contribution is -0.144. The minimum atomic E-state index is -0.626. The summed E-state index contributed by atoms with van der Waals surface area (Å²) in [5.74, 6) is -1.29. The largest absolute Gasteiger partial charge is 0.331 e. The molecule has 6 nitrogen and oxygen atoms in total. The second-order valence-corrected chi connectivity index (χ2v) is 8.86. The summed E-state index contributed by atoms with van der Waals surface area (Å²) >= 11 is 0. The lowest BCUT2D eigenvalue weighted by Crippen LogP contribution is -2.43. The van der Waals surface area contributed by atoms with E-state index in [4.69, 9.17) is 0 Å². The molecule has 3 amide bonds. The number of anilines is 2. The molecule has 140 valence electrons. The number of benzene rings is 1. The Kier molecular flexibility index (Phi) is 4.54. The van der Waals surface area contributed by atoms with Gasteiger partial charge in [0.1, 0.15) is 0 Å². The monoisotopic (exact) mass is 357 g/mol. The Morgan fingerprint density at radius 2 is 1.73 bits per heavy atom. The summed E-state index contributed by atoms with van der Waals surface area (Å²) < 4.78 is 0. The highest BCUT2D eigenvalue weighted by Crippen LogP contribution is 2.52. The van der Waals surface area contributed by atoms with Gasteiger partial charge in [-0.1, -0.05) is 26.8 Å². The van der Waals surface area contributed by atoms with Crippen molar-refractivity contribution in [2.24, 2.45) is 10.8 Å². The molecule has 1 aromatic carbocycles. The van der Waals surface area contributed by atoms with E-state index in [1.165, 1.54) is 6.92 Å². The molecule has 2 atom stereocenters. The molecule has 1 aliphatic heterocycles. The van der Waals surface area contributed by atoms with Crippen molar-refractivity contribution < 1.29 is 14.4 Å². The lowest BCUT2D eigenvalue weighted by Gasteiger charge is -2.39. The molecule has 26 heavy (non-hydrogen) atoms. The maximum absolute atomic E-state index is 12.8. The Balaban J connectivity index is 1.69. The first-order valence-electron chi connectivity index (χ1n) is 9.07. The van der Waals surface area contributed by atoms with Crippen LogP contribution in [0.15, 0.2) is 24.3 Å². The van der Waals surface area contributed by atoms with E-state index in [1.54, 1.807) is 29.2 Å². The summed E-state index contributed by atoms with van der Waals surface area (Å²) in [5.41, 5.74) is 1.35. The van der Waals surface area contributed by atoms with Gasteiger partial charge in [0, 0.05) is 30.9 Å². The van der Waals surface area contributed by atoms with Gasteiger partial charge in [0.15, 0.2) is 0 Å². The number of nitrogens with one attached hydrogen (secondary N) is 2. The highest BCUT2D eigenvalue weighted by atomic mass is 16.2. The molecule has 1 saturated heterocycles. The molecule has 0 aromatic heterocycles. The predicted octanol–water partition coefficient (Wildman–Crippen LogP) is 3.01. The van der Waals surface area contributed by atoms with Gasteiger partial charge in [-0.05, 0) is 48.3 Å². The van der Waals surface area contributed by atoms with E-state index >= 15 is 0 Å². The number of amides is 3. The average molecular weight is 357 g/mol. The predicted molar refractivity (Wildman–Crippen MR) is 101 cm³/mol. The van der Waals surface area contributed by atoms with Crippen LogP contribution in [0.1, 0.15) is 47.0 Å².